The summed E-state index contributed by atoms with van der Waals surface area (Å²) in [6.07, 6.45) is -3.33. The second-order valence-corrected chi connectivity index (χ2v) is 7.60. The van der Waals surface area contributed by atoms with Crippen LogP contribution in [0.2, 0.25) is 0 Å². The van der Waals surface area contributed by atoms with Crippen LogP contribution in [0.15, 0.2) is 0 Å². The summed E-state index contributed by atoms with van der Waals surface area (Å²) < 4.78 is 27.1. The fourth-order valence-corrected chi connectivity index (χ4v) is 3.94. The van der Waals surface area contributed by atoms with Crippen molar-refractivity contribution in [2.45, 2.75) is 64.0 Å². The standard InChI is InChI=1S/C18H29NO9S/c1-10(20)24-9-14-15(25-11(2)21)16(26-12(3)22)17(27-13(4)23)18(28-14)29-8-6-7-19-5/h14-19H,6-9H2,1-5H3/t14-,15-,16+,17+,18-/m1/s1. The van der Waals surface area contributed by atoms with Crippen LogP contribution < -0.4 is 5.32 Å². The van der Waals surface area contributed by atoms with Crippen molar-refractivity contribution in [3.8, 4) is 0 Å². The summed E-state index contributed by atoms with van der Waals surface area (Å²) in [6, 6.07) is 0. The summed E-state index contributed by atoms with van der Waals surface area (Å²) >= 11 is 1.37. The minimum absolute atomic E-state index is 0.217. The lowest BCUT2D eigenvalue weighted by Crippen LogP contribution is -2.61. The van der Waals surface area contributed by atoms with E-state index in [0.717, 1.165) is 13.0 Å². The van der Waals surface area contributed by atoms with Gasteiger partial charge in [-0.25, -0.2) is 0 Å². The maximum absolute atomic E-state index is 11.7. The average molecular weight is 435 g/mol. The Labute approximate surface area is 174 Å². The number of carbonyl (C=O) groups excluding carboxylic acids is 4. The first-order chi connectivity index (χ1) is 13.6. The van der Waals surface area contributed by atoms with E-state index >= 15 is 0 Å². The zero-order chi connectivity index (χ0) is 22.0. The molecule has 0 aromatic rings. The molecule has 11 heteroatoms. The lowest BCUT2D eigenvalue weighted by molar-refractivity contribution is -0.237. The smallest absolute Gasteiger partial charge is 0.303 e. The molecule has 0 saturated carbocycles. The SMILES string of the molecule is CNCCCS[C@H]1O[C@H](COC(C)=O)[C@@H](OC(C)=O)[C@H](OC(C)=O)[C@@H]1OC(C)=O. The van der Waals surface area contributed by atoms with Crippen LogP contribution >= 0.6 is 11.8 Å². The molecule has 0 unspecified atom stereocenters. The Hall–Kier alpha value is -1.85. The van der Waals surface area contributed by atoms with E-state index in [1.807, 2.05) is 7.05 Å². The third kappa shape index (κ3) is 9.01. The van der Waals surface area contributed by atoms with Gasteiger partial charge in [-0.15, -0.1) is 11.8 Å². The van der Waals surface area contributed by atoms with Crippen molar-refractivity contribution in [1.29, 1.82) is 0 Å². The maximum atomic E-state index is 11.7. The number of thioether (sulfide) groups is 1. The monoisotopic (exact) mass is 435 g/mol. The predicted molar refractivity (Wildman–Crippen MR) is 103 cm³/mol. The van der Waals surface area contributed by atoms with E-state index in [4.69, 9.17) is 23.7 Å². The molecular weight excluding hydrogens is 406 g/mol. The van der Waals surface area contributed by atoms with Crippen LogP contribution in [0.3, 0.4) is 0 Å². The predicted octanol–water partition coefficient (Wildman–Crippen LogP) is 0.412. The minimum atomic E-state index is -1.12. The Morgan fingerprint density at radius 1 is 0.862 bits per heavy atom. The Morgan fingerprint density at radius 3 is 1.93 bits per heavy atom. The Morgan fingerprint density at radius 2 is 1.41 bits per heavy atom. The number of hydrogen-bond acceptors (Lipinski definition) is 11. The van der Waals surface area contributed by atoms with Crippen LogP contribution in [0.25, 0.3) is 0 Å². The zero-order valence-corrected chi connectivity index (χ0v) is 18.1. The van der Waals surface area contributed by atoms with Gasteiger partial charge in [0, 0.05) is 27.7 Å². The van der Waals surface area contributed by atoms with E-state index in [1.54, 1.807) is 0 Å². The van der Waals surface area contributed by atoms with Crippen molar-refractivity contribution in [2.24, 2.45) is 0 Å². The molecule has 0 radical (unpaired) electrons. The van der Waals surface area contributed by atoms with Crippen LogP contribution in [0.1, 0.15) is 34.1 Å². The lowest BCUT2D eigenvalue weighted by atomic mass is 9.99. The van der Waals surface area contributed by atoms with E-state index in [0.29, 0.717) is 5.75 Å². The van der Waals surface area contributed by atoms with Gasteiger partial charge in [0.1, 0.15) is 18.1 Å². The van der Waals surface area contributed by atoms with Gasteiger partial charge in [0.2, 0.25) is 0 Å². The molecule has 1 aliphatic heterocycles. The van der Waals surface area contributed by atoms with Gasteiger partial charge in [-0.3, -0.25) is 19.2 Å². The molecule has 1 N–H and O–H groups in total. The highest BCUT2D eigenvalue weighted by molar-refractivity contribution is 7.99. The van der Waals surface area contributed by atoms with Crippen molar-refractivity contribution in [1.82, 2.24) is 5.32 Å². The molecule has 0 aliphatic carbocycles. The van der Waals surface area contributed by atoms with E-state index < -0.39 is 53.7 Å². The number of hydrogen-bond donors (Lipinski definition) is 1. The van der Waals surface area contributed by atoms with Gasteiger partial charge >= 0.3 is 23.9 Å². The topological polar surface area (TPSA) is 126 Å². The summed E-state index contributed by atoms with van der Waals surface area (Å²) in [4.78, 5) is 46.3. The number of carbonyl (C=O) groups is 4. The van der Waals surface area contributed by atoms with Gasteiger partial charge in [0.05, 0.1) is 0 Å². The molecule has 0 spiro atoms. The van der Waals surface area contributed by atoms with Crippen LogP contribution in [0.5, 0.6) is 0 Å². The minimum Gasteiger partial charge on any atom is -0.463 e. The van der Waals surface area contributed by atoms with Gasteiger partial charge in [-0.1, -0.05) is 0 Å². The number of ether oxygens (including phenoxy) is 5. The fraction of sp³-hybridized carbons (Fsp3) is 0.778. The van der Waals surface area contributed by atoms with E-state index in [9.17, 15) is 19.2 Å². The largest absolute Gasteiger partial charge is 0.463 e. The third-order valence-electron chi connectivity index (χ3n) is 3.80. The highest BCUT2D eigenvalue weighted by Crippen LogP contribution is 2.34. The summed E-state index contributed by atoms with van der Waals surface area (Å²) in [5.74, 6) is -1.77. The van der Waals surface area contributed by atoms with Crippen molar-refractivity contribution in [3.05, 3.63) is 0 Å². The van der Waals surface area contributed by atoms with Crippen molar-refractivity contribution < 1.29 is 42.9 Å². The summed E-state index contributed by atoms with van der Waals surface area (Å²) in [6.45, 7) is 5.40. The number of esters is 4. The summed E-state index contributed by atoms with van der Waals surface area (Å²) in [5.41, 5.74) is -0.715. The molecule has 10 nitrogen and oxygen atoms in total. The quantitative estimate of drug-likeness (QED) is 0.291. The first-order valence-electron chi connectivity index (χ1n) is 9.22. The first-order valence-corrected chi connectivity index (χ1v) is 10.3. The third-order valence-corrected chi connectivity index (χ3v) is 5.03. The maximum Gasteiger partial charge on any atom is 0.303 e. The first kappa shape index (κ1) is 25.2. The van der Waals surface area contributed by atoms with Crippen LogP contribution in [0.4, 0.5) is 0 Å². The van der Waals surface area contributed by atoms with Gasteiger partial charge in [0.25, 0.3) is 0 Å². The molecule has 0 amide bonds. The molecule has 0 aromatic heterocycles. The van der Waals surface area contributed by atoms with Crippen LogP contribution in [0, 0.1) is 0 Å². The molecule has 1 aliphatic rings. The summed E-state index contributed by atoms with van der Waals surface area (Å²) in [7, 11) is 1.83. The molecule has 1 heterocycles. The summed E-state index contributed by atoms with van der Waals surface area (Å²) in [5, 5.41) is 3.03. The Bertz CT molecular complexity index is 586. The average Bonchev–Trinajstić information content (AvgIpc) is 2.60. The van der Waals surface area contributed by atoms with E-state index in [1.165, 1.54) is 39.5 Å². The van der Waals surface area contributed by atoms with Gasteiger partial charge in [-0.2, -0.15) is 0 Å². The second-order valence-electron chi connectivity index (χ2n) is 6.40. The highest BCUT2D eigenvalue weighted by Gasteiger charge is 2.52. The highest BCUT2D eigenvalue weighted by atomic mass is 32.2. The molecule has 5 atom stereocenters. The van der Waals surface area contributed by atoms with E-state index in [2.05, 4.69) is 5.32 Å². The lowest BCUT2D eigenvalue weighted by Gasteiger charge is -2.44. The number of nitrogens with one attached hydrogen (secondary N) is 1. The van der Waals surface area contributed by atoms with Gasteiger partial charge < -0.3 is 29.0 Å². The molecule has 1 saturated heterocycles. The van der Waals surface area contributed by atoms with E-state index in [-0.39, 0.29) is 6.61 Å². The molecule has 0 aromatic carbocycles. The molecule has 1 rings (SSSR count). The van der Waals surface area contributed by atoms with Crippen LogP contribution in [-0.4, -0.2) is 79.7 Å². The Kier molecular flexibility index (Phi) is 11.0. The van der Waals surface area contributed by atoms with Crippen molar-refractivity contribution in [2.75, 3.05) is 26.0 Å². The normalized spacial score (nSPS) is 26.3. The molecule has 0 bridgehead atoms. The molecule has 166 valence electrons. The molecule has 29 heavy (non-hydrogen) atoms. The van der Waals surface area contributed by atoms with Crippen molar-refractivity contribution in [3.63, 3.8) is 0 Å². The number of rotatable bonds is 10. The molecular formula is C18H29NO9S. The van der Waals surface area contributed by atoms with Crippen LogP contribution in [-0.2, 0) is 42.9 Å². The fourth-order valence-electron chi connectivity index (χ4n) is 2.77. The second kappa shape index (κ2) is 12.7. The van der Waals surface area contributed by atoms with Crippen molar-refractivity contribution >= 4 is 35.6 Å². The van der Waals surface area contributed by atoms with Gasteiger partial charge in [0.15, 0.2) is 18.3 Å². The van der Waals surface area contributed by atoms with Gasteiger partial charge in [-0.05, 0) is 25.8 Å². The Balaban J connectivity index is 3.17. The molecule has 1 fully saturated rings. The zero-order valence-electron chi connectivity index (χ0n) is 17.3.